The van der Waals surface area contributed by atoms with Crippen molar-refractivity contribution in [1.29, 1.82) is 0 Å². The smallest absolute Gasteiger partial charge is 0.348 e. The van der Waals surface area contributed by atoms with E-state index in [9.17, 15) is 18.0 Å². The van der Waals surface area contributed by atoms with Gasteiger partial charge in [0.15, 0.2) is 0 Å². The van der Waals surface area contributed by atoms with Crippen molar-refractivity contribution in [2.45, 2.75) is 32.1 Å². The van der Waals surface area contributed by atoms with Gasteiger partial charge in [-0.05, 0) is 62.1 Å². The number of hydrogen-bond acceptors (Lipinski definition) is 6. The van der Waals surface area contributed by atoms with E-state index < -0.39 is 16.1 Å². The summed E-state index contributed by atoms with van der Waals surface area (Å²) in [6, 6.07) is 17.4. The molecular weight excluding hydrogens is 508 g/mol. The normalized spacial score (nSPS) is 11.4. The lowest BCUT2D eigenvalue weighted by Crippen LogP contribution is -2.40. The number of ether oxygens (including phenoxy) is 1. The summed E-state index contributed by atoms with van der Waals surface area (Å²) in [6.07, 6.45) is 0.505. The van der Waals surface area contributed by atoms with Crippen LogP contribution in [0, 0.1) is 20.8 Å². The topological polar surface area (TPSA) is 102 Å². The Morgan fingerprint density at radius 1 is 0.919 bits per heavy atom. The maximum atomic E-state index is 12.5. The van der Waals surface area contributed by atoms with Crippen LogP contribution in [-0.2, 0) is 21.2 Å². The first-order chi connectivity index (χ1) is 17.6. The van der Waals surface area contributed by atoms with Gasteiger partial charge in [0.05, 0.1) is 12.0 Å². The first-order valence-electron chi connectivity index (χ1n) is 11.7. The highest BCUT2D eigenvalue weighted by Crippen LogP contribution is 2.41. The highest BCUT2D eigenvalue weighted by Gasteiger charge is 2.22. The molecule has 0 saturated carbocycles. The van der Waals surface area contributed by atoms with Gasteiger partial charge in [-0.25, -0.2) is 22.7 Å². The van der Waals surface area contributed by atoms with Crippen molar-refractivity contribution in [2.24, 2.45) is 0 Å². The molecule has 0 fully saturated rings. The number of amides is 2. The molecule has 37 heavy (non-hydrogen) atoms. The first-order valence-corrected chi connectivity index (χ1v) is 14.0. The van der Waals surface area contributed by atoms with Gasteiger partial charge in [-0.1, -0.05) is 53.6 Å². The molecule has 0 radical (unpaired) electrons. The maximum absolute atomic E-state index is 12.5. The summed E-state index contributed by atoms with van der Waals surface area (Å²) < 4.78 is 32.9. The lowest BCUT2D eigenvalue weighted by molar-refractivity contribution is 0.0607. The summed E-state index contributed by atoms with van der Waals surface area (Å²) in [4.78, 5) is 25.3. The van der Waals surface area contributed by atoms with Crippen LogP contribution in [0.2, 0.25) is 0 Å². The minimum Gasteiger partial charge on any atom is -0.465 e. The Balaban J connectivity index is 1.45. The van der Waals surface area contributed by atoms with Crippen molar-refractivity contribution in [1.82, 2.24) is 10.0 Å². The van der Waals surface area contributed by atoms with E-state index in [-0.39, 0.29) is 17.4 Å². The molecule has 9 heteroatoms. The summed E-state index contributed by atoms with van der Waals surface area (Å²) in [5.74, 6) is -0.367. The highest BCUT2D eigenvalue weighted by atomic mass is 32.2. The Kier molecular flexibility index (Phi) is 7.65. The van der Waals surface area contributed by atoms with Gasteiger partial charge in [0.25, 0.3) is 10.0 Å². The molecule has 2 N–H and O–H groups in total. The number of sulfonamides is 1. The monoisotopic (exact) mass is 536 g/mol. The highest BCUT2D eigenvalue weighted by molar-refractivity contribution is 7.90. The Morgan fingerprint density at radius 2 is 1.59 bits per heavy atom. The van der Waals surface area contributed by atoms with E-state index in [0.29, 0.717) is 11.3 Å². The van der Waals surface area contributed by atoms with Crippen molar-refractivity contribution in [3.05, 3.63) is 87.8 Å². The second-order valence-corrected chi connectivity index (χ2v) is 11.6. The molecule has 3 aromatic carbocycles. The number of nitrogens with one attached hydrogen (secondary N) is 2. The quantitative estimate of drug-likeness (QED) is 0.303. The van der Waals surface area contributed by atoms with Gasteiger partial charge in [0.2, 0.25) is 0 Å². The van der Waals surface area contributed by atoms with Crippen LogP contribution in [0.1, 0.15) is 31.9 Å². The van der Waals surface area contributed by atoms with Gasteiger partial charge in [0, 0.05) is 22.2 Å². The van der Waals surface area contributed by atoms with Crippen molar-refractivity contribution in [3.8, 4) is 11.1 Å². The number of aryl methyl sites for hydroxylation is 3. The number of benzene rings is 3. The summed E-state index contributed by atoms with van der Waals surface area (Å²) in [5, 5.41) is 3.61. The van der Waals surface area contributed by atoms with Gasteiger partial charge in [0.1, 0.15) is 4.88 Å². The second-order valence-electron chi connectivity index (χ2n) is 8.88. The van der Waals surface area contributed by atoms with E-state index in [1.165, 1.54) is 30.6 Å². The Hall–Kier alpha value is -3.69. The molecule has 0 unspecified atom stereocenters. The molecule has 0 aliphatic heterocycles. The van der Waals surface area contributed by atoms with E-state index in [1.54, 1.807) is 12.1 Å². The van der Waals surface area contributed by atoms with Gasteiger partial charge in [-0.3, -0.25) is 0 Å². The zero-order chi connectivity index (χ0) is 26.7. The molecule has 1 heterocycles. The fourth-order valence-corrected chi connectivity index (χ4v) is 6.29. The Bertz CT molecular complexity index is 1570. The van der Waals surface area contributed by atoms with Crippen LogP contribution in [0.15, 0.2) is 65.6 Å². The molecule has 0 bridgehead atoms. The van der Waals surface area contributed by atoms with Crippen LogP contribution < -0.4 is 10.0 Å². The van der Waals surface area contributed by atoms with E-state index >= 15 is 0 Å². The molecule has 4 aromatic rings. The predicted molar refractivity (Wildman–Crippen MR) is 147 cm³/mol. The number of methoxy groups -OCH3 is 1. The average molecular weight is 537 g/mol. The third kappa shape index (κ3) is 5.84. The minimum absolute atomic E-state index is 0.0292. The fraction of sp³-hybridized carbons (Fsp3) is 0.214. The summed E-state index contributed by atoms with van der Waals surface area (Å²) >= 11 is 1.43. The van der Waals surface area contributed by atoms with Crippen molar-refractivity contribution >= 4 is 43.4 Å². The first kappa shape index (κ1) is 26.4. The number of carbonyl (C=O) groups excluding carboxylic acids is 2. The predicted octanol–water partition coefficient (Wildman–Crippen LogP) is 5.51. The molecule has 0 atom stereocenters. The van der Waals surface area contributed by atoms with E-state index in [0.717, 1.165) is 43.5 Å². The summed E-state index contributed by atoms with van der Waals surface area (Å²) in [5.41, 5.74) is 5.86. The van der Waals surface area contributed by atoms with E-state index in [1.807, 2.05) is 49.8 Å². The molecule has 0 aliphatic rings. The molecule has 0 spiro atoms. The number of esters is 1. The average Bonchev–Trinajstić information content (AvgIpc) is 3.23. The largest absolute Gasteiger partial charge is 0.465 e. The lowest BCUT2D eigenvalue weighted by atomic mass is 9.98. The van der Waals surface area contributed by atoms with Gasteiger partial charge >= 0.3 is 12.0 Å². The van der Waals surface area contributed by atoms with Gasteiger partial charge in [-0.2, -0.15) is 0 Å². The molecule has 0 saturated heterocycles. The number of urea groups is 1. The van der Waals surface area contributed by atoms with Crippen LogP contribution in [0.4, 0.5) is 4.79 Å². The van der Waals surface area contributed by atoms with Crippen molar-refractivity contribution < 1.29 is 22.7 Å². The van der Waals surface area contributed by atoms with Crippen molar-refractivity contribution in [2.75, 3.05) is 13.7 Å². The Morgan fingerprint density at radius 3 is 2.24 bits per heavy atom. The van der Waals surface area contributed by atoms with Crippen LogP contribution in [0.3, 0.4) is 0 Å². The standard InChI is InChI=1S/C28H28N2O5S2/c1-17-5-11-22(12-6-17)37(33,34)30-28(32)29-14-13-20-7-9-21(10-8-20)24-23-16-18(2)15-19(3)25(23)36-26(24)27(31)35-4/h5-12,15-16H,13-14H2,1-4H3,(H2,29,30,32). The molecule has 2 amide bonds. The molecule has 1 aromatic heterocycles. The molecular formula is C28H28N2O5S2. The van der Waals surface area contributed by atoms with Gasteiger partial charge in [-0.15, -0.1) is 11.3 Å². The Labute approximate surface area is 220 Å². The third-order valence-corrected chi connectivity index (χ3v) is 8.66. The van der Waals surface area contributed by atoms with Crippen LogP contribution in [0.5, 0.6) is 0 Å². The molecule has 4 rings (SSSR count). The molecule has 192 valence electrons. The molecule has 0 aliphatic carbocycles. The second kappa shape index (κ2) is 10.7. The van der Waals surface area contributed by atoms with Crippen LogP contribution in [-0.4, -0.2) is 34.1 Å². The number of fused-ring (bicyclic) bond motifs is 1. The van der Waals surface area contributed by atoms with Crippen LogP contribution in [0.25, 0.3) is 21.2 Å². The SMILES string of the molecule is COC(=O)c1sc2c(C)cc(C)cc2c1-c1ccc(CCNC(=O)NS(=O)(=O)c2ccc(C)cc2)cc1. The number of carbonyl (C=O) groups is 2. The fourth-order valence-electron chi connectivity index (χ4n) is 4.17. The van der Waals surface area contributed by atoms with Crippen LogP contribution >= 0.6 is 11.3 Å². The zero-order valence-electron chi connectivity index (χ0n) is 21.0. The summed E-state index contributed by atoms with van der Waals surface area (Å²) in [7, 11) is -2.56. The minimum atomic E-state index is -3.94. The number of hydrogen-bond donors (Lipinski definition) is 2. The van der Waals surface area contributed by atoms with E-state index in [4.69, 9.17) is 4.74 Å². The molecule has 7 nitrogen and oxygen atoms in total. The van der Waals surface area contributed by atoms with E-state index in [2.05, 4.69) is 17.4 Å². The number of rotatable bonds is 7. The lowest BCUT2D eigenvalue weighted by Gasteiger charge is -2.10. The van der Waals surface area contributed by atoms with Gasteiger partial charge < -0.3 is 10.1 Å². The summed E-state index contributed by atoms with van der Waals surface area (Å²) in [6.45, 7) is 6.17. The van der Waals surface area contributed by atoms with Crippen molar-refractivity contribution in [3.63, 3.8) is 0 Å². The third-order valence-electron chi connectivity index (χ3n) is 5.99. The number of thiophene rings is 1. The maximum Gasteiger partial charge on any atom is 0.348 e. The zero-order valence-corrected chi connectivity index (χ0v) is 22.7.